The van der Waals surface area contributed by atoms with E-state index in [9.17, 15) is 31.6 Å². The van der Waals surface area contributed by atoms with E-state index < -0.39 is 57.9 Å². The van der Waals surface area contributed by atoms with E-state index >= 15 is 0 Å². The first-order valence-electron chi connectivity index (χ1n) is 8.99. The molecule has 10 nitrogen and oxygen atoms in total. The average molecular weight is 468 g/mol. The average Bonchev–Trinajstić information content (AvgIpc) is 2.72. The third-order valence-electron chi connectivity index (χ3n) is 4.01. The molecule has 32 heavy (non-hydrogen) atoms. The second-order valence-corrected chi connectivity index (χ2v) is 8.46. The maximum absolute atomic E-state index is 12.7. The summed E-state index contributed by atoms with van der Waals surface area (Å²) in [6, 6.07) is 7.74. The van der Waals surface area contributed by atoms with Crippen LogP contribution in [0.5, 0.6) is 5.75 Å². The van der Waals surface area contributed by atoms with Crippen LogP contribution in [0.2, 0.25) is 0 Å². The molecule has 0 unspecified atom stereocenters. The van der Waals surface area contributed by atoms with E-state index in [1.165, 1.54) is 36.5 Å². The Kier molecular flexibility index (Phi) is 8.42. The Morgan fingerprint density at radius 1 is 1.19 bits per heavy atom. The molecule has 0 aliphatic carbocycles. The zero-order valence-corrected chi connectivity index (χ0v) is 17.2. The van der Waals surface area contributed by atoms with Crippen LogP contribution in [0.15, 0.2) is 47.4 Å². The van der Waals surface area contributed by atoms with Crippen molar-refractivity contribution in [2.45, 2.75) is 18.4 Å². The van der Waals surface area contributed by atoms with Crippen LogP contribution >= 0.6 is 0 Å². The lowest BCUT2D eigenvalue weighted by molar-refractivity contribution is -0.122. The maximum Gasteiger partial charge on any atom is 0.387 e. The van der Waals surface area contributed by atoms with Crippen molar-refractivity contribution < 1.29 is 31.5 Å². The van der Waals surface area contributed by atoms with Gasteiger partial charge in [-0.1, -0.05) is 18.2 Å². The Morgan fingerprint density at radius 2 is 1.91 bits per heavy atom. The number of carbonyl (C=O) groups excluding carboxylic acids is 2. The first kappa shape index (κ1) is 24.5. The molecular formula is C19H18F2N4O6S. The van der Waals surface area contributed by atoms with Crippen molar-refractivity contribution in [2.24, 2.45) is 0 Å². The summed E-state index contributed by atoms with van der Waals surface area (Å²) in [7, 11) is -4.17. The minimum atomic E-state index is -4.17. The Morgan fingerprint density at radius 3 is 2.56 bits per heavy atom. The highest BCUT2D eigenvalue weighted by Gasteiger charge is 2.29. The SMILES string of the molecule is N#CCNC(=O)[C@H](CS(=O)(=O)Cc1ccccc1OC(F)F)NC(=O)c1ccc[nH]c1=O. The van der Waals surface area contributed by atoms with Crippen LogP contribution < -0.4 is 20.9 Å². The molecule has 1 aromatic carbocycles. The minimum absolute atomic E-state index is 0.0742. The molecule has 0 saturated carbocycles. The first-order valence-corrected chi connectivity index (χ1v) is 10.8. The fraction of sp³-hybridized carbons (Fsp3) is 0.263. The van der Waals surface area contributed by atoms with Crippen molar-refractivity contribution >= 4 is 21.7 Å². The van der Waals surface area contributed by atoms with Gasteiger partial charge in [0.25, 0.3) is 11.5 Å². The summed E-state index contributed by atoms with van der Waals surface area (Å²) in [4.78, 5) is 38.8. The lowest BCUT2D eigenvalue weighted by atomic mass is 10.2. The molecule has 1 heterocycles. The van der Waals surface area contributed by atoms with Gasteiger partial charge in [-0.05, 0) is 18.2 Å². The molecule has 1 aromatic heterocycles. The normalized spacial score (nSPS) is 11.9. The van der Waals surface area contributed by atoms with Crippen molar-refractivity contribution in [1.29, 1.82) is 5.26 Å². The zero-order chi connectivity index (χ0) is 23.7. The van der Waals surface area contributed by atoms with Crippen molar-refractivity contribution in [3.8, 4) is 11.8 Å². The number of aromatic amines is 1. The Balaban J connectivity index is 2.26. The highest BCUT2D eigenvalue weighted by molar-refractivity contribution is 7.90. The summed E-state index contributed by atoms with van der Waals surface area (Å²) >= 11 is 0. The second-order valence-electron chi connectivity index (χ2n) is 6.36. The summed E-state index contributed by atoms with van der Waals surface area (Å²) in [5.41, 5.74) is -1.20. The number of rotatable bonds is 10. The molecule has 3 N–H and O–H groups in total. The number of alkyl halides is 2. The minimum Gasteiger partial charge on any atom is -0.435 e. The number of nitriles is 1. The number of ether oxygens (including phenoxy) is 1. The number of nitrogens with zero attached hydrogens (tertiary/aromatic N) is 1. The van der Waals surface area contributed by atoms with E-state index in [2.05, 4.69) is 20.4 Å². The molecule has 0 saturated heterocycles. The number of benzene rings is 1. The molecule has 2 rings (SSSR count). The molecule has 2 aromatic rings. The van der Waals surface area contributed by atoms with Gasteiger partial charge in [-0.15, -0.1) is 0 Å². The van der Waals surface area contributed by atoms with Gasteiger partial charge in [0, 0.05) is 11.8 Å². The Labute approximate surface area is 181 Å². The monoisotopic (exact) mass is 468 g/mol. The van der Waals surface area contributed by atoms with Crippen LogP contribution in [0.3, 0.4) is 0 Å². The molecule has 0 bridgehead atoms. The number of amides is 2. The van der Waals surface area contributed by atoms with Crippen molar-refractivity contribution in [3.63, 3.8) is 0 Å². The van der Waals surface area contributed by atoms with Gasteiger partial charge in [-0.25, -0.2) is 8.42 Å². The van der Waals surface area contributed by atoms with E-state index in [4.69, 9.17) is 5.26 Å². The summed E-state index contributed by atoms with van der Waals surface area (Å²) in [6.07, 6.45) is 1.28. The van der Waals surface area contributed by atoms with Crippen LogP contribution in [-0.2, 0) is 20.4 Å². The van der Waals surface area contributed by atoms with Gasteiger partial charge in [-0.3, -0.25) is 14.4 Å². The van der Waals surface area contributed by atoms with Crippen LogP contribution in [0.25, 0.3) is 0 Å². The van der Waals surface area contributed by atoms with Crippen molar-refractivity contribution in [1.82, 2.24) is 15.6 Å². The van der Waals surface area contributed by atoms with Gasteiger partial charge in [0.05, 0.1) is 17.6 Å². The molecule has 13 heteroatoms. The van der Waals surface area contributed by atoms with Crippen LogP contribution in [0, 0.1) is 11.3 Å². The number of sulfone groups is 1. The molecule has 0 spiro atoms. The van der Waals surface area contributed by atoms with Gasteiger partial charge in [0.2, 0.25) is 5.91 Å². The van der Waals surface area contributed by atoms with Gasteiger partial charge in [0.15, 0.2) is 9.84 Å². The number of nitrogens with one attached hydrogen (secondary N) is 3. The molecular weight excluding hydrogens is 450 g/mol. The number of pyridine rings is 1. The van der Waals surface area contributed by atoms with Gasteiger partial charge < -0.3 is 20.4 Å². The molecule has 2 amide bonds. The number of para-hydroxylation sites is 1. The lowest BCUT2D eigenvalue weighted by Gasteiger charge is -2.18. The molecule has 0 radical (unpaired) electrons. The number of H-pyrrole nitrogens is 1. The van der Waals surface area contributed by atoms with Crippen LogP contribution in [-0.4, -0.2) is 50.2 Å². The van der Waals surface area contributed by atoms with E-state index in [1.54, 1.807) is 6.07 Å². The summed E-state index contributed by atoms with van der Waals surface area (Å²) in [5.74, 6) is -4.03. The third kappa shape index (κ3) is 7.17. The van der Waals surface area contributed by atoms with Crippen molar-refractivity contribution in [2.75, 3.05) is 12.3 Å². The predicted octanol–water partition coefficient (Wildman–Crippen LogP) is 0.329. The number of carbonyl (C=O) groups is 2. The molecule has 170 valence electrons. The smallest absolute Gasteiger partial charge is 0.387 e. The summed E-state index contributed by atoms with van der Waals surface area (Å²) < 4.78 is 54.9. The topological polar surface area (TPSA) is 158 Å². The van der Waals surface area contributed by atoms with Gasteiger partial charge >= 0.3 is 6.61 Å². The van der Waals surface area contributed by atoms with Gasteiger partial charge in [-0.2, -0.15) is 14.0 Å². The van der Waals surface area contributed by atoms with E-state index in [-0.39, 0.29) is 16.9 Å². The zero-order valence-electron chi connectivity index (χ0n) is 16.4. The molecule has 1 atom stereocenters. The number of hydrogen-bond donors (Lipinski definition) is 3. The maximum atomic E-state index is 12.7. The third-order valence-corrected chi connectivity index (χ3v) is 5.60. The fourth-order valence-corrected chi connectivity index (χ4v) is 4.23. The van der Waals surface area contributed by atoms with E-state index in [0.29, 0.717) is 0 Å². The first-order chi connectivity index (χ1) is 15.1. The van der Waals surface area contributed by atoms with Crippen LogP contribution in [0.4, 0.5) is 8.78 Å². The van der Waals surface area contributed by atoms with E-state index in [1.807, 2.05) is 0 Å². The predicted molar refractivity (Wildman–Crippen MR) is 108 cm³/mol. The van der Waals surface area contributed by atoms with Gasteiger partial charge in [0.1, 0.15) is 23.9 Å². The fourth-order valence-electron chi connectivity index (χ4n) is 2.65. The lowest BCUT2D eigenvalue weighted by Crippen LogP contribution is -2.51. The van der Waals surface area contributed by atoms with E-state index in [0.717, 1.165) is 6.07 Å². The highest BCUT2D eigenvalue weighted by atomic mass is 32.2. The largest absolute Gasteiger partial charge is 0.435 e. The molecule has 0 fully saturated rings. The van der Waals surface area contributed by atoms with Crippen molar-refractivity contribution in [3.05, 3.63) is 64.1 Å². The molecule has 0 aliphatic heterocycles. The Hall–Kier alpha value is -3.79. The number of hydrogen-bond acceptors (Lipinski definition) is 7. The molecule has 0 aliphatic rings. The number of aromatic nitrogens is 1. The summed E-state index contributed by atoms with van der Waals surface area (Å²) in [6.45, 7) is -3.63. The van der Waals surface area contributed by atoms with Crippen LogP contribution in [0.1, 0.15) is 15.9 Å². The Bertz CT molecular complexity index is 1180. The second kappa shape index (κ2) is 11.0. The highest BCUT2D eigenvalue weighted by Crippen LogP contribution is 2.23. The summed E-state index contributed by atoms with van der Waals surface area (Å²) in [5, 5.41) is 12.9. The quantitative estimate of drug-likeness (QED) is 0.424. The number of halogens is 2. The standard InChI is InChI=1S/C19H18F2N4O6S/c20-19(21)31-15-6-2-1-4-12(15)10-32(29,30)11-14(18(28)24-9-7-22)25-17(27)13-5-3-8-23-16(13)26/h1-6,8,14,19H,9-11H2,(H,23,26)(H,24,28)(H,25,27)/t14-/m0/s1.